The SMILES string of the molecule is CCCCCNC(=NCc1ccnc(OCC)c1)NCC. The highest BCUT2D eigenvalue weighted by Gasteiger charge is 1.99. The van der Waals surface area contributed by atoms with Crippen molar-refractivity contribution in [3.8, 4) is 5.88 Å². The van der Waals surface area contributed by atoms with E-state index in [1.165, 1.54) is 19.3 Å². The van der Waals surface area contributed by atoms with Gasteiger partial charge in [-0.3, -0.25) is 0 Å². The van der Waals surface area contributed by atoms with Crippen LogP contribution in [0.25, 0.3) is 0 Å². The van der Waals surface area contributed by atoms with Gasteiger partial charge in [0.1, 0.15) is 0 Å². The van der Waals surface area contributed by atoms with E-state index in [4.69, 9.17) is 4.74 Å². The van der Waals surface area contributed by atoms with Crippen LogP contribution in [-0.4, -0.2) is 30.6 Å². The van der Waals surface area contributed by atoms with Gasteiger partial charge in [0.15, 0.2) is 5.96 Å². The summed E-state index contributed by atoms with van der Waals surface area (Å²) >= 11 is 0. The number of hydrogen-bond donors (Lipinski definition) is 2. The van der Waals surface area contributed by atoms with Crippen LogP contribution in [0.1, 0.15) is 45.6 Å². The van der Waals surface area contributed by atoms with Crippen LogP contribution in [-0.2, 0) is 6.54 Å². The number of nitrogens with zero attached hydrogens (tertiary/aromatic N) is 2. The predicted octanol–water partition coefficient (Wildman–Crippen LogP) is 2.73. The second-order valence-corrected chi connectivity index (χ2v) is 4.76. The highest BCUT2D eigenvalue weighted by molar-refractivity contribution is 5.79. The van der Waals surface area contributed by atoms with Crippen LogP contribution in [0, 0.1) is 0 Å². The van der Waals surface area contributed by atoms with Gasteiger partial charge in [0.05, 0.1) is 13.2 Å². The molecule has 21 heavy (non-hydrogen) atoms. The molecule has 0 radical (unpaired) electrons. The Balaban J connectivity index is 2.53. The Morgan fingerprint density at radius 3 is 2.81 bits per heavy atom. The van der Waals surface area contributed by atoms with Crippen LogP contribution in [0.15, 0.2) is 23.3 Å². The molecule has 1 heterocycles. The van der Waals surface area contributed by atoms with Crippen molar-refractivity contribution in [3.05, 3.63) is 23.9 Å². The minimum atomic E-state index is 0.617. The number of unbranched alkanes of at least 4 members (excludes halogenated alkanes) is 2. The van der Waals surface area contributed by atoms with E-state index < -0.39 is 0 Å². The van der Waals surface area contributed by atoms with Gasteiger partial charge in [-0.15, -0.1) is 0 Å². The van der Waals surface area contributed by atoms with Crippen molar-refractivity contribution in [3.63, 3.8) is 0 Å². The van der Waals surface area contributed by atoms with Crippen molar-refractivity contribution in [1.29, 1.82) is 0 Å². The van der Waals surface area contributed by atoms with E-state index in [1.807, 2.05) is 19.1 Å². The Hall–Kier alpha value is -1.78. The Kier molecular flexibility index (Phi) is 9.00. The number of hydrogen-bond acceptors (Lipinski definition) is 3. The van der Waals surface area contributed by atoms with Crippen LogP contribution in [0.5, 0.6) is 5.88 Å². The summed E-state index contributed by atoms with van der Waals surface area (Å²) in [4.78, 5) is 8.75. The summed E-state index contributed by atoms with van der Waals surface area (Å²) in [6.07, 6.45) is 5.41. The van der Waals surface area contributed by atoms with Crippen molar-refractivity contribution in [1.82, 2.24) is 15.6 Å². The molecule has 1 rings (SSSR count). The molecule has 0 atom stereocenters. The summed E-state index contributed by atoms with van der Waals surface area (Å²) in [5.74, 6) is 1.52. The minimum Gasteiger partial charge on any atom is -0.478 e. The standard InChI is InChI=1S/C16H28N4O/c1-4-7-8-10-19-16(17-5-2)20-13-14-9-11-18-15(12-14)21-6-3/h9,11-12H,4-8,10,13H2,1-3H3,(H2,17,19,20). The largest absolute Gasteiger partial charge is 0.478 e. The third kappa shape index (κ3) is 7.54. The van der Waals surface area contributed by atoms with Gasteiger partial charge < -0.3 is 15.4 Å². The van der Waals surface area contributed by atoms with E-state index in [1.54, 1.807) is 6.20 Å². The van der Waals surface area contributed by atoms with Crippen LogP contribution in [0.4, 0.5) is 0 Å². The molecule has 2 N–H and O–H groups in total. The molecule has 5 nitrogen and oxygen atoms in total. The maximum absolute atomic E-state index is 5.40. The van der Waals surface area contributed by atoms with Gasteiger partial charge >= 0.3 is 0 Å². The first-order valence-electron chi connectivity index (χ1n) is 7.90. The zero-order chi connectivity index (χ0) is 15.3. The van der Waals surface area contributed by atoms with Crippen LogP contribution in [0.3, 0.4) is 0 Å². The van der Waals surface area contributed by atoms with Gasteiger partial charge in [-0.2, -0.15) is 0 Å². The fourth-order valence-electron chi connectivity index (χ4n) is 1.87. The van der Waals surface area contributed by atoms with Crippen molar-refractivity contribution in [2.24, 2.45) is 4.99 Å². The summed E-state index contributed by atoms with van der Waals surface area (Å²) in [7, 11) is 0. The molecule has 0 aromatic carbocycles. The summed E-state index contributed by atoms with van der Waals surface area (Å²) in [6, 6.07) is 3.90. The molecule has 0 spiro atoms. The summed E-state index contributed by atoms with van der Waals surface area (Å²) < 4.78 is 5.40. The maximum atomic E-state index is 5.40. The molecule has 0 aliphatic heterocycles. The first-order valence-corrected chi connectivity index (χ1v) is 7.90. The molecule has 0 saturated heterocycles. The second-order valence-electron chi connectivity index (χ2n) is 4.76. The molecule has 0 aliphatic rings. The third-order valence-corrected chi connectivity index (χ3v) is 2.93. The lowest BCUT2D eigenvalue weighted by Crippen LogP contribution is -2.37. The van der Waals surface area contributed by atoms with Crippen molar-refractivity contribution in [2.75, 3.05) is 19.7 Å². The predicted molar refractivity (Wildman–Crippen MR) is 87.7 cm³/mol. The Morgan fingerprint density at radius 1 is 1.24 bits per heavy atom. The smallest absolute Gasteiger partial charge is 0.213 e. The number of ether oxygens (including phenoxy) is 1. The molecule has 1 aromatic rings. The monoisotopic (exact) mass is 292 g/mol. The van der Waals surface area contributed by atoms with Gasteiger partial charge in [-0.1, -0.05) is 19.8 Å². The average Bonchev–Trinajstić information content (AvgIpc) is 2.50. The quantitative estimate of drug-likeness (QED) is 0.417. The van der Waals surface area contributed by atoms with E-state index in [0.717, 1.165) is 24.6 Å². The number of pyridine rings is 1. The highest BCUT2D eigenvalue weighted by Crippen LogP contribution is 2.10. The molecule has 0 saturated carbocycles. The fourth-order valence-corrected chi connectivity index (χ4v) is 1.87. The topological polar surface area (TPSA) is 58.5 Å². The van der Waals surface area contributed by atoms with E-state index >= 15 is 0 Å². The molecule has 5 heteroatoms. The van der Waals surface area contributed by atoms with Gasteiger partial charge in [0, 0.05) is 25.4 Å². The van der Waals surface area contributed by atoms with Gasteiger partial charge in [-0.05, 0) is 31.9 Å². The number of nitrogens with one attached hydrogen (secondary N) is 2. The number of guanidine groups is 1. The zero-order valence-corrected chi connectivity index (χ0v) is 13.5. The summed E-state index contributed by atoms with van der Waals surface area (Å²) in [5, 5.41) is 6.62. The van der Waals surface area contributed by atoms with Crippen LogP contribution in [0.2, 0.25) is 0 Å². The molecule has 0 fully saturated rings. The molecule has 1 aromatic heterocycles. The molecule has 0 amide bonds. The summed E-state index contributed by atoms with van der Waals surface area (Å²) in [6.45, 7) is 9.30. The molecular weight excluding hydrogens is 264 g/mol. The van der Waals surface area contributed by atoms with Crippen molar-refractivity contribution >= 4 is 5.96 Å². The molecule has 118 valence electrons. The molecule has 0 unspecified atom stereocenters. The van der Waals surface area contributed by atoms with E-state index in [0.29, 0.717) is 19.0 Å². The number of aromatic nitrogens is 1. The third-order valence-electron chi connectivity index (χ3n) is 2.93. The molecule has 0 bridgehead atoms. The lowest BCUT2D eigenvalue weighted by molar-refractivity contribution is 0.326. The minimum absolute atomic E-state index is 0.617. The number of rotatable bonds is 9. The lowest BCUT2D eigenvalue weighted by Gasteiger charge is -2.11. The normalized spacial score (nSPS) is 11.3. The van der Waals surface area contributed by atoms with Crippen LogP contribution < -0.4 is 15.4 Å². The van der Waals surface area contributed by atoms with Crippen molar-refractivity contribution in [2.45, 2.75) is 46.6 Å². The Morgan fingerprint density at radius 2 is 2.10 bits per heavy atom. The average molecular weight is 292 g/mol. The van der Waals surface area contributed by atoms with Gasteiger partial charge in [0.25, 0.3) is 0 Å². The number of aliphatic imine (C=N–C) groups is 1. The molecule has 0 aliphatic carbocycles. The van der Waals surface area contributed by atoms with Gasteiger partial charge in [-0.25, -0.2) is 9.98 Å². The zero-order valence-electron chi connectivity index (χ0n) is 13.5. The highest BCUT2D eigenvalue weighted by atomic mass is 16.5. The maximum Gasteiger partial charge on any atom is 0.213 e. The first kappa shape index (κ1) is 17.3. The molecular formula is C16H28N4O. The van der Waals surface area contributed by atoms with Crippen molar-refractivity contribution < 1.29 is 4.74 Å². The second kappa shape index (κ2) is 10.9. The Labute approximate surface area is 128 Å². The van der Waals surface area contributed by atoms with E-state index in [2.05, 4.69) is 34.5 Å². The first-order chi connectivity index (χ1) is 10.3. The van der Waals surface area contributed by atoms with Crippen LogP contribution >= 0.6 is 0 Å². The summed E-state index contributed by atoms with van der Waals surface area (Å²) in [5.41, 5.74) is 1.10. The lowest BCUT2D eigenvalue weighted by atomic mass is 10.2. The fraction of sp³-hybridized carbons (Fsp3) is 0.625. The van der Waals surface area contributed by atoms with E-state index in [-0.39, 0.29) is 0 Å². The van der Waals surface area contributed by atoms with E-state index in [9.17, 15) is 0 Å². The Bertz CT molecular complexity index is 420. The van der Waals surface area contributed by atoms with Gasteiger partial charge in [0.2, 0.25) is 5.88 Å².